The number of nitrogens with zero attached hydrogens (tertiary/aromatic N) is 2. The summed E-state index contributed by atoms with van der Waals surface area (Å²) >= 11 is 4.18. The predicted octanol–water partition coefficient (Wildman–Crippen LogP) is 1.99. The molecule has 0 aliphatic heterocycles. The lowest BCUT2D eigenvalue weighted by Gasteiger charge is -2.05. The Bertz CT molecular complexity index is 493. The molecule has 2 rings (SSSR count). The molecule has 1 aromatic carbocycles. The van der Waals surface area contributed by atoms with Gasteiger partial charge in [-0.05, 0) is 36.8 Å². The summed E-state index contributed by atoms with van der Waals surface area (Å²) in [5.41, 5.74) is 0.659. The Kier molecular flexibility index (Phi) is 4.41. The van der Waals surface area contributed by atoms with Crippen LogP contribution in [0.4, 0.5) is 0 Å². The minimum Gasteiger partial charge on any atom is -0.352 e. The van der Waals surface area contributed by atoms with Gasteiger partial charge in [-0.15, -0.1) is 12.6 Å². The van der Waals surface area contributed by atoms with Gasteiger partial charge in [0.25, 0.3) is 5.91 Å². The number of thiol groups is 1. The summed E-state index contributed by atoms with van der Waals surface area (Å²) in [7, 11) is 0. The molecular weight excluding hydrogens is 246 g/mol. The summed E-state index contributed by atoms with van der Waals surface area (Å²) in [4.78, 5) is 12.6. The first-order chi connectivity index (χ1) is 8.75. The number of aryl methyl sites for hydroxylation is 1. The summed E-state index contributed by atoms with van der Waals surface area (Å²) in [6, 6.07) is 9.04. The highest BCUT2D eigenvalue weighted by molar-refractivity contribution is 7.80. The van der Waals surface area contributed by atoms with E-state index in [1.54, 1.807) is 18.3 Å². The topological polar surface area (TPSA) is 46.9 Å². The van der Waals surface area contributed by atoms with Crippen LogP contribution in [-0.4, -0.2) is 22.2 Å². The number of benzene rings is 1. The van der Waals surface area contributed by atoms with Crippen LogP contribution >= 0.6 is 12.6 Å². The van der Waals surface area contributed by atoms with Crippen molar-refractivity contribution in [2.75, 3.05) is 6.54 Å². The molecule has 1 heterocycles. The number of carbonyl (C=O) groups is 1. The van der Waals surface area contributed by atoms with Crippen LogP contribution in [0.1, 0.15) is 16.8 Å². The molecule has 0 saturated carbocycles. The van der Waals surface area contributed by atoms with Crippen molar-refractivity contribution >= 4 is 18.5 Å². The normalized spacial score (nSPS) is 10.3. The molecule has 1 aromatic heterocycles. The van der Waals surface area contributed by atoms with E-state index in [0.717, 1.165) is 17.9 Å². The first-order valence-electron chi connectivity index (χ1n) is 5.80. The molecule has 0 aliphatic carbocycles. The zero-order chi connectivity index (χ0) is 12.8. The molecule has 0 radical (unpaired) electrons. The number of hydrogen-bond acceptors (Lipinski definition) is 3. The first-order valence-corrected chi connectivity index (χ1v) is 6.25. The second-order valence-electron chi connectivity index (χ2n) is 3.93. The third-order valence-corrected chi connectivity index (χ3v) is 2.84. The van der Waals surface area contributed by atoms with Crippen LogP contribution in [0.15, 0.2) is 47.6 Å². The first kappa shape index (κ1) is 12.7. The van der Waals surface area contributed by atoms with Gasteiger partial charge in [-0.2, -0.15) is 5.10 Å². The van der Waals surface area contributed by atoms with Crippen molar-refractivity contribution in [1.82, 2.24) is 15.1 Å². The zero-order valence-electron chi connectivity index (χ0n) is 9.91. The molecule has 94 valence electrons. The lowest BCUT2D eigenvalue weighted by molar-refractivity contribution is 0.0952. The average Bonchev–Trinajstić information content (AvgIpc) is 2.88. The molecule has 0 fully saturated rings. The van der Waals surface area contributed by atoms with E-state index in [1.807, 2.05) is 29.1 Å². The molecular formula is C13H15N3OS. The van der Waals surface area contributed by atoms with Gasteiger partial charge < -0.3 is 5.32 Å². The monoisotopic (exact) mass is 261 g/mol. The van der Waals surface area contributed by atoms with Crippen LogP contribution in [0.25, 0.3) is 0 Å². The molecule has 1 amide bonds. The van der Waals surface area contributed by atoms with Gasteiger partial charge >= 0.3 is 0 Å². The van der Waals surface area contributed by atoms with E-state index in [9.17, 15) is 4.79 Å². The largest absolute Gasteiger partial charge is 0.352 e. The van der Waals surface area contributed by atoms with E-state index in [2.05, 4.69) is 23.0 Å². The van der Waals surface area contributed by atoms with Crippen molar-refractivity contribution in [2.45, 2.75) is 17.9 Å². The number of rotatable bonds is 5. The van der Waals surface area contributed by atoms with Gasteiger partial charge in [0.05, 0.1) is 0 Å². The van der Waals surface area contributed by atoms with Gasteiger partial charge in [0.15, 0.2) is 0 Å². The smallest absolute Gasteiger partial charge is 0.251 e. The minimum atomic E-state index is -0.0520. The van der Waals surface area contributed by atoms with E-state index < -0.39 is 0 Å². The molecule has 0 saturated heterocycles. The van der Waals surface area contributed by atoms with E-state index in [4.69, 9.17) is 0 Å². The van der Waals surface area contributed by atoms with Crippen molar-refractivity contribution < 1.29 is 4.79 Å². The zero-order valence-corrected chi connectivity index (χ0v) is 10.8. The Morgan fingerprint density at radius 2 is 2.11 bits per heavy atom. The lowest BCUT2D eigenvalue weighted by Crippen LogP contribution is -2.25. The van der Waals surface area contributed by atoms with Gasteiger partial charge in [-0.1, -0.05) is 0 Å². The lowest BCUT2D eigenvalue weighted by atomic mass is 10.2. The molecule has 4 nitrogen and oxygen atoms in total. The summed E-state index contributed by atoms with van der Waals surface area (Å²) in [5.74, 6) is -0.0520. The fourth-order valence-electron chi connectivity index (χ4n) is 1.59. The molecule has 18 heavy (non-hydrogen) atoms. The van der Waals surface area contributed by atoms with E-state index in [0.29, 0.717) is 12.1 Å². The van der Waals surface area contributed by atoms with Gasteiger partial charge in [-0.3, -0.25) is 9.48 Å². The van der Waals surface area contributed by atoms with E-state index in [-0.39, 0.29) is 5.91 Å². The molecule has 0 atom stereocenters. The number of nitrogens with one attached hydrogen (secondary N) is 1. The molecule has 0 bridgehead atoms. The SMILES string of the molecule is O=C(NCCCn1cccn1)c1ccc(S)cc1. The van der Waals surface area contributed by atoms with Crippen LogP contribution in [0, 0.1) is 0 Å². The van der Waals surface area contributed by atoms with E-state index in [1.165, 1.54) is 0 Å². The molecule has 0 unspecified atom stereocenters. The Morgan fingerprint density at radius 3 is 2.78 bits per heavy atom. The molecule has 0 spiro atoms. The van der Waals surface area contributed by atoms with Crippen molar-refractivity contribution in [3.05, 3.63) is 48.3 Å². The van der Waals surface area contributed by atoms with Gasteiger partial charge in [0.1, 0.15) is 0 Å². The van der Waals surface area contributed by atoms with Gasteiger partial charge in [0.2, 0.25) is 0 Å². The highest BCUT2D eigenvalue weighted by Gasteiger charge is 2.03. The summed E-state index contributed by atoms with van der Waals surface area (Å²) in [6.45, 7) is 1.45. The standard InChI is InChI=1S/C13H15N3OS/c17-13(11-3-5-12(18)6-4-11)14-7-1-9-16-10-2-8-15-16/h2-6,8,10,18H,1,7,9H2,(H,14,17). The quantitative estimate of drug-likeness (QED) is 0.639. The fourth-order valence-corrected chi connectivity index (χ4v) is 1.74. The van der Waals surface area contributed by atoms with E-state index >= 15 is 0 Å². The minimum absolute atomic E-state index is 0.0520. The summed E-state index contributed by atoms with van der Waals surface area (Å²) < 4.78 is 1.85. The van der Waals surface area contributed by atoms with Crippen molar-refractivity contribution in [1.29, 1.82) is 0 Å². The summed E-state index contributed by atoms with van der Waals surface area (Å²) in [5, 5.41) is 6.97. The Morgan fingerprint density at radius 1 is 1.33 bits per heavy atom. The molecule has 0 aliphatic rings. The predicted molar refractivity (Wildman–Crippen MR) is 72.9 cm³/mol. The van der Waals surface area contributed by atoms with Crippen LogP contribution in [0.2, 0.25) is 0 Å². The maximum Gasteiger partial charge on any atom is 0.251 e. The molecule has 5 heteroatoms. The fraction of sp³-hybridized carbons (Fsp3) is 0.231. The molecule has 2 aromatic rings. The second-order valence-corrected chi connectivity index (χ2v) is 4.44. The highest BCUT2D eigenvalue weighted by Crippen LogP contribution is 2.07. The Hall–Kier alpha value is -1.75. The van der Waals surface area contributed by atoms with Crippen molar-refractivity contribution in [3.8, 4) is 0 Å². The number of carbonyl (C=O) groups excluding carboxylic acids is 1. The van der Waals surface area contributed by atoms with Crippen molar-refractivity contribution in [2.24, 2.45) is 0 Å². The number of hydrogen-bond donors (Lipinski definition) is 2. The maximum atomic E-state index is 11.8. The van der Waals surface area contributed by atoms with Gasteiger partial charge in [-0.25, -0.2) is 0 Å². The van der Waals surface area contributed by atoms with Crippen LogP contribution in [0.5, 0.6) is 0 Å². The number of aromatic nitrogens is 2. The van der Waals surface area contributed by atoms with Crippen LogP contribution < -0.4 is 5.32 Å². The van der Waals surface area contributed by atoms with Crippen LogP contribution in [0.3, 0.4) is 0 Å². The third kappa shape index (κ3) is 3.63. The van der Waals surface area contributed by atoms with Crippen molar-refractivity contribution in [3.63, 3.8) is 0 Å². The second kappa shape index (κ2) is 6.26. The Balaban J connectivity index is 1.73. The maximum absolute atomic E-state index is 11.8. The average molecular weight is 261 g/mol. The highest BCUT2D eigenvalue weighted by atomic mass is 32.1. The Labute approximate surface area is 111 Å². The van der Waals surface area contributed by atoms with Gasteiger partial charge in [0, 0.05) is 35.9 Å². The summed E-state index contributed by atoms with van der Waals surface area (Å²) in [6.07, 6.45) is 4.52. The van der Waals surface area contributed by atoms with Crippen LogP contribution in [-0.2, 0) is 6.54 Å². The number of amides is 1. The molecule has 1 N–H and O–H groups in total. The third-order valence-electron chi connectivity index (χ3n) is 2.54.